The van der Waals surface area contributed by atoms with Gasteiger partial charge in [0.2, 0.25) is 0 Å². The molecule has 0 aromatic heterocycles. The highest BCUT2D eigenvalue weighted by Crippen LogP contribution is 2.36. The standard InChI is InChI=1S/C15H24NO6P/c1-5-13-6-8-15(9-7-13)22-20-11-10-14(16(2,3)4)12-21-23(17,18)19/h5-9,14H,1,10-12H2,2-4H3,(H-,17,18,19)/p+1. The zero-order valence-corrected chi connectivity index (χ0v) is 14.6. The molecule has 1 unspecified atom stereocenters. The Bertz CT molecular complexity index is 534. The molecule has 0 aliphatic carbocycles. The molecule has 0 fully saturated rings. The molecule has 0 aliphatic heterocycles. The summed E-state index contributed by atoms with van der Waals surface area (Å²) in [5.74, 6) is 0.573. The van der Waals surface area contributed by atoms with E-state index in [1.54, 1.807) is 18.2 Å². The lowest BCUT2D eigenvalue weighted by Crippen LogP contribution is -2.48. The van der Waals surface area contributed by atoms with Crippen LogP contribution < -0.4 is 4.89 Å². The fourth-order valence-corrected chi connectivity index (χ4v) is 2.20. The zero-order chi connectivity index (χ0) is 17.5. The van der Waals surface area contributed by atoms with Gasteiger partial charge in [0, 0.05) is 6.42 Å². The van der Waals surface area contributed by atoms with E-state index in [1.165, 1.54) is 0 Å². The highest BCUT2D eigenvalue weighted by Gasteiger charge is 2.27. The van der Waals surface area contributed by atoms with Crippen LogP contribution in [0.1, 0.15) is 12.0 Å². The molecule has 1 atom stereocenters. The van der Waals surface area contributed by atoms with Gasteiger partial charge in [-0.2, -0.15) is 4.89 Å². The number of benzene rings is 1. The minimum Gasteiger partial charge on any atom is -0.338 e. The van der Waals surface area contributed by atoms with Crippen molar-refractivity contribution >= 4 is 13.9 Å². The van der Waals surface area contributed by atoms with E-state index < -0.39 is 7.82 Å². The van der Waals surface area contributed by atoms with E-state index in [0.717, 1.165) is 5.56 Å². The molecule has 0 saturated heterocycles. The number of hydrogen-bond acceptors (Lipinski definition) is 4. The quantitative estimate of drug-likeness (QED) is 0.222. The van der Waals surface area contributed by atoms with Crippen LogP contribution in [-0.2, 0) is 14.0 Å². The van der Waals surface area contributed by atoms with Crippen molar-refractivity contribution in [2.24, 2.45) is 0 Å². The van der Waals surface area contributed by atoms with Crippen LogP contribution in [-0.4, -0.2) is 54.7 Å². The molecule has 130 valence electrons. The van der Waals surface area contributed by atoms with Crippen molar-refractivity contribution < 1.29 is 33.1 Å². The predicted octanol–water partition coefficient (Wildman–Crippen LogP) is 2.21. The summed E-state index contributed by atoms with van der Waals surface area (Å²) in [4.78, 5) is 28.0. The van der Waals surface area contributed by atoms with Gasteiger partial charge in [-0.15, -0.1) is 0 Å². The summed E-state index contributed by atoms with van der Waals surface area (Å²) in [6, 6.07) is 7.11. The Balaban J connectivity index is 2.42. The van der Waals surface area contributed by atoms with Crippen LogP contribution in [0.25, 0.3) is 6.08 Å². The van der Waals surface area contributed by atoms with Gasteiger partial charge in [0.1, 0.15) is 12.6 Å². The summed E-state index contributed by atoms with van der Waals surface area (Å²) in [6.07, 6.45) is 2.26. The first-order chi connectivity index (χ1) is 10.6. The minimum atomic E-state index is -4.47. The second-order valence-corrected chi connectivity index (χ2v) is 7.26. The van der Waals surface area contributed by atoms with Crippen LogP contribution >= 0.6 is 7.82 Å². The van der Waals surface area contributed by atoms with E-state index >= 15 is 0 Å². The van der Waals surface area contributed by atoms with Crippen molar-refractivity contribution in [2.75, 3.05) is 34.4 Å². The Morgan fingerprint density at radius 3 is 2.35 bits per heavy atom. The van der Waals surface area contributed by atoms with E-state index in [0.29, 0.717) is 16.7 Å². The molecule has 23 heavy (non-hydrogen) atoms. The maximum absolute atomic E-state index is 10.8. The van der Waals surface area contributed by atoms with Gasteiger partial charge in [0.15, 0.2) is 5.75 Å². The van der Waals surface area contributed by atoms with E-state index in [9.17, 15) is 4.57 Å². The first-order valence-corrected chi connectivity index (χ1v) is 8.68. The first-order valence-electron chi connectivity index (χ1n) is 7.15. The van der Waals surface area contributed by atoms with Crippen LogP contribution in [0.4, 0.5) is 0 Å². The van der Waals surface area contributed by atoms with Gasteiger partial charge in [-0.25, -0.2) is 4.57 Å². The summed E-state index contributed by atoms with van der Waals surface area (Å²) in [5.41, 5.74) is 0.983. The highest BCUT2D eigenvalue weighted by atomic mass is 31.2. The number of phosphoric ester groups is 1. The van der Waals surface area contributed by atoms with Gasteiger partial charge >= 0.3 is 7.82 Å². The molecule has 0 saturated carbocycles. The van der Waals surface area contributed by atoms with E-state index in [1.807, 2.05) is 33.3 Å². The molecule has 0 radical (unpaired) electrons. The Morgan fingerprint density at radius 2 is 1.87 bits per heavy atom. The third-order valence-electron chi connectivity index (χ3n) is 3.34. The van der Waals surface area contributed by atoms with Crippen molar-refractivity contribution in [3.63, 3.8) is 0 Å². The number of phosphoric acid groups is 1. The molecule has 0 aliphatic rings. The summed E-state index contributed by atoms with van der Waals surface area (Å²) in [7, 11) is 1.28. The number of rotatable bonds is 10. The van der Waals surface area contributed by atoms with Gasteiger partial charge in [0.05, 0.1) is 27.7 Å². The molecule has 2 N–H and O–H groups in total. The van der Waals surface area contributed by atoms with Crippen LogP contribution in [0.2, 0.25) is 0 Å². The molecule has 1 aromatic carbocycles. The zero-order valence-electron chi connectivity index (χ0n) is 13.7. The fraction of sp³-hybridized carbons (Fsp3) is 0.467. The van der Waals surface area contributed by atoms with Crippen molar-refractivity contribution in [1.82, 2.24) is 0 Å². The highest BCUT2D eigenvalue weighted by molar-refractivity contribution is 7.46. The second-order valence-electron chi connectivity index (χ2n) is 6.02. The third kappa shape index (κ3) is 8.27. The molecular weight excluding hydrogens is 321 g/mol. The van der Waals surface area contributed by atoms with E-state index in [2.05, 4.69) is 11.1 Å². The Kier molecular flexibility index (Phi) is 7.41. The SMILES string of the molecule is C=Cc1ccc(OOCCC(COP(=O)(O)O)[N+](C)(C)C)cc1. The van der Waals surface area contributed by atoms with E-state index in [4.69, 9.17) is 19.6 Å². The largest absolute Gasteiger partial charge is 0.469 e. The van der Waals surface area contributed by atoms with Crippen molar-refractivity contribution in [3.8, 4) is 5.75 Å². The topological polar surface area (TPSA) is 85.2 Å². The average Bonchev–Trinajstić information content (AvgIpc) is 2.44. The van der Waals surface area contributed by atoms with E-state index in [-0.39, 0.29) is 19.3 Å². The molecule has 0 heterocycles. The Hall–Kier alpha value is -1.21. The lowest BCUT2D eigenvalue weighted by Gasteiger charge is -2.33. The lowest BCUT2D eigenvalue weighted by atomic mass is 10.2. The van der Waals surface area contributed by atoms with Gasteiger partial charge in [0.25, 0.3) is 0 Å². The van der Waals surface area contributed by atoms with Crippen LogP contribution in [0.3, 0.4) is 0 Å². The molecule has 8 heteroatoms. The molecule has 1 rings (SSSR count). The van der Waals surface area contributed by atoms with Gasteiger partial charge in [-0.3, -0.25) is 4.52 Å². The average molecular weight is 346 g/mol. The number of likely N-dealkylation sites (N-methyl/N-ethyl adjacent to an activating group) is 1. The predicted molar refractivity (Wildman–Crippen MR) is 87.5 cm³/mol. The minimum absolute atomic E-state index is 0.0643. The summed E-state index contributed by atoms with van der Waals surface area (Å²) >= 11 is 0. The monoisotopic (exact) mass is 346 g/mol. The Morgan fingerprint density at radius 1 is 1.26 bits per heavy atom. The maximum Gasteiger partial charge on any atom is 0.469 e. The van der Waals surface area contributed by atoms with Crippen molar-refractivity contribution in [3.05, 3.63) is 36.4 Å². The number of nitrogens with zero attached hydrogens (tertiary/aromatic N) is 1. The van der Waals surface area contributed by atoms with Gasteiger partial charge < -0.3 is 19.2 Å². The van der Waals surface area contributed by atoms with Crippen molar-refractivity contribution in [1.29, 1.82) is 0 Å². The maximum atomic E-state index is 10.8. The first kappa shape index (κ1) is 19.8. The fourth-order valence-electron chi connectivity index (χ4n) is 1.83. The molecular formula is C15H25NO6P+. The summed E-state index contributed by atoms with van der Waals surface area (Å²) in [5, 5.41) is 0. The molecule has 0 bridgehead atoms. The second kappa shape index (κ2) is 8.59. The van der Waals surface area contributed by atoms with Crippen LogP contribution in [0.5, 0.6) is 5.75 Å². The number of quaternary nitrogens is 1. The Labute approximate surface area is 136 Å². The smallest absolute Gasteiger partial charge is 0.338 e. The normalized spacial score (nSPS) is 13.6. The lowest BCUT2D eigenvalue weighted by molar-refractivity contribution is -0.896. The molecule has 0 spiro atoms. The van der Waals surface area contributed by atoms with Crippen LogP contribution in [0, 0.1) is 0 Å². The third-order valence-corrected chi connectivity index (χ3v) is 3.82. The number of hydrogen-bond donors (Lipinski definition) is 2. The molecule has 7 nitrogen and oxygen atoms in total. The van der Waals surface area contributed by atoms with Crippen molar-refractivity contribution in [2.45, 2.75) is 12.5 Å². The summed E-state index contributed by atoms with van der Waals surface area (Å²) < 4.78 is 15.9. The van der Waals surface area contributed by atoms with Crippen LogP contribution in [0.15, 0.2) is 30.8 Å². The van der Waals surface area contributed by atoms with Gasteiger partial charge in [-0.1, -0.05) is 24.8 Å². The molecule has 1 aromatic rings. The molecule has 0 amide bonds. The van der Waals surface area contributed by atoms with Gasteiger partial charge in [-0.05, 0) is 17.7 Å². The summed E-state index contributed by atoms with van der Waals surface area (Å²) in [6.45, 7) is 3.88.